The molecule has 1 aromatic rings. The molecule has 138 valence electrons. The van der Waals surface area contributed by atoms with E-state index in [0.717, 1.165) is 45.2 Å². The Morgan fingerprint density at radius 2 is 1.96 bits per heavy atom. The summed E-state index contributed by atoms with van der Waals surface area (Å²) in [5.74, 6) is 1.36. The number of carbonyl (C=O) groups excluding carboxylic acids is 1. The Balaban J connectivity index is 1.44. The first-order valence-corrected chi connectivity index (χ1v) is 9.87. The minimum absolute atomic E-state index is 0.189. The minimum Gasteiger partial charge on any atom is -0.390 e. The van der Waals surface area contributed by atoms with Crippen LogP contribution in [0.2, 0.25) is 0 Å². The number of carbonyl (C=O) groups is 1. The number of imidazole rings is 1. The zero-order valence-corrected chi connectivity index (χ0v) is 15.3. The second kappa shape index (κ2) is 7.08. The van der Waals surface area contributed by atoms with Gasteiger partial charge in [0.25, 0.3) is 0 Å². The molecule has 0 radical (unpaired) electrons. The smallest absolute Gasteiger partial charge is 0.222 e. The number of aliphatic hydroxyl groups excluding tert-OH is 1. The normalized spacial score (nSPS) is 25.6. The van der Waals surface area contributed by atoms with Gasteiger partial charge in [0.15, 0.2) is 0 Å². The van der Waals surface area contributed by atoms with Gasteiger partial charge in [-0.1, -0.05) is 0 Å². The van der Waals surface area contributed by atoms with Gasteiger partial charge in [-0.3, -0.25) is 9.69 Å². The summed E-state index contributed by atoms with van der Waals surface area (Å²) in [4.78, 5) is 20.9. The first-order valence-electron chi connectivity index (χ1n) is 9.87. The first-order chi connectivity index (χ1) is 12.1. The van der Waals surface area contributed by atoms with Crippen LogP contribution in [0.15, 0.2) is 0 Å². The molecule has 0 spiro atoms. The maximum absolute atomic E-state index is 11.8. The van der Waals surface area contributed by atoms with Crippen LogP contribution in [0.5, 0.6) is 0 Å². The van der Waals surface area contributed by atoms with Gasteiger partial charge in [-0.05, 0) is 51.5 Å². The summed E-state index contributed by atoms with van der Waals surface area (Å²) < 4.78 is 2.31. The van der Waals surface area contributed by atoms with Gasteiger partial charge in [0.05, 0.1) is 17.8 Å². The number of aromatic nitrogens is 2. The average Bonchev–Trinajstić information content (AvgIpc) is 3.29. The molecule has 3 heterocycles. The SMILES string of the molecule is Cn1c([C@H]2CCCN2C[C@H](O)CN2CCCC2=O)nc2c1CCCC2. The largest absolute Gasteiger partial charge is 0.390 e. The number of hydrogen-bond donors (Lipinski definition) is 1. The third kappa shape index (κ3) is 3.34. The number of hydrogen-bond acceptors (Lipinski definition) is 4. The predicted molar refractivity (Wildman–Crippen MR) is 95.2 cm³/mol. The Morgan fingerprint density at radius 3 is 2.72 bits per heavy atom. The van der Waals surface area contributed by atoms with Crippen LogP contribution in [-0.2, 0) is 24.7 Å². The lowest BCUT2D eigenvalue weighted by Crippen LogP contribution is -2.41. The van der Waals surface area contributed by atoms with E-state index in [2.05, 4.69) is 16.5 Å². The zero-order valence-electron chi connectivity index (χ0n) is 15.3. The van der Waals surface area contributed by atoms with Crippen molar-refractivity contribution >= 4 is 5.91 Å². The minimum atomic E-state index is -0.474. The average molecular weight is 346 g/mol. The number of likely N-dealkylation sites (tertiary alicyclic amines) is 2. The van der Waals surface area contributed by atoms with E-state index in [1.807, 2.05) is 4.90 Å². The van der Waals surface area contributed by atoms with Gasteiger partial charge < -0.3 is 14.6 Å². The van der Waals surface area contributed by atoms with Gasteiger partial charge in [-0.15, -0.1) is 0 Å². The number of nitrogens with zero attached hydrogens (tertiary/aromatic N) is 4. The van der Waals surface area contributed by atoms with Crippen molar-refractivity contribution in [2.24, 2.45) is 7.05 Å². The standard InChI is InChI=1S/C19H30N4O2/c1-21-16-7-3-2-6-15(16)20-19(21)17-8-4-10-22(17)12-14(24)13-23-11-5-9-18(23)25/h14,17,24H,2-13H2,1H3/t14-,17+/m0/s1. The van der Waals surface area contributed by atoms with Gasteiger partial charge in [0.1, 0.15) is 5.82 Å². The molecule has 1 aromatic heterocycles. The van der Waals surface area contributed by atoms with Gasteiger partial charge in [0.2, 0.25) is 5.91 Å². The summed E-state index contributed by atoms with van der Waals surface area (Å²) in [5.41, 5.74) is 2.70. The molecule has 1 aliphatic carbocycles. The lowest BCUT2D eigenvalue weighted by Gasteiger charge is -2.28. The van der Waals surface area contributed by atoms with Crippen LogP contribution in [0, 0.1) is 0 Å². The number of β-amino-alcohol motifs (C(OH)–C–C–N with tert-alkyl or cyclic N) is 1. The summed E-state index contributed by atoms with van der Waals surface area (Å²) in [6.07, 6.45) is 8.12. The van der Waals surface area contributed by atoms with Crippen molar-refractivity contribution in [3.63, 3.8) is 0 Å². The summed E-state index contributed by atoms with van der Waals surface area (Å²) in [7, 11) is 2.16. The van der Waals surface area contributed by atoms with E-state index in [1.165, 1.54) is 30.1 Å². The molecule has 2 saturated heterocycles. The fourth-order valence-electron chi connectivity index (χ4n) is 4.82. The Labute approximate surface area is 149 Å². The van der Waals surface area contributed by atoms with Gasteiger partial charge in [-0.2, -0.15) is 0 Å². The topological polar surface area (TPSA) is 61.6 Å². The molecular weight excluding hydrogens is 316 g/mol. The molecule has 2 fully saturated rings. The molecule has 0 aromatic carbocycles. The van der Waals surface area contributed by atoms with Crippen LogP contribution in [0.1, 0.15) is 61.8 Å². The third-order valence-electron chi connectivity index (χ3n) is 6.12. The van der Waals surface area contributed by atoms with E-state index < -0.39 is 6.10 Å². The Kier molecular flexibility index (Phi) is 4.82. The van der Waals surface area contributed by atoms with Crippen molar-refractivity contribution in [3.8, 4) is 0 Å². The summed E-state index contributed by atoms with van der Waals surface area (Å²) >= 11 is 0. The van der Waals surface area contributed by atoms with Crippen molar-refractivity contribution in [3.05, 3.63) is 17.2 Å². The van der Waals surface area contributed by atoms with E-state index in [0.29, 0.717) is 25.6 Å². The van der Waals surface area contributed by atoms with Crippen LogP contribution in [0.25, 0.3) is 0 Å². The molecular formula is C19H30N4O2. The molecule has 0 unspecified atom stereocenters. The van der Waals surface area contributed by atoms with Crippen LogP contribution in [0.3, 0.4) is 0 Å². The molecule has 2 aliphatic heterocycles. The fraction of sp³-hybridized carbons (Fsp3) is 0.789. The van der Waals surface area contributed by atoms with Crippen molar-refractivity contribution in [1.82, 2.24) is 19.4 Å². The van der Waals surface area contributed by atoms with Gasteiger partial charge in [0, 0.05) is 38.8 Å². The summed E-state index contributed by atoms with van der Waals surface area (Å²) in [5, 5.41) is 10.5. The number of amides is 1. The van der Waals surface area contributed by atoms with Crippen molar-refractivity contribution < 1.29 is 9.90 Å². The molecule has 4 rings (SSSR count). The molecule has 6 heteroatoms. The predicted octanol–water partition coefficient (Wildman–Crippen LogP) is 1.42. The van der Waals surface area contributed by atoms with E-state index in [-0.39, 0.29) is 5.91 Å². The maximum atomic E-state index is 11.8. The quantitative estimate of drug-likeness (QED) is 0.876. The van der Waals surface area contributed by atoms with Crippen LogP contribution < -0.4 is 0 Å². The highest BCUT2D eigenvalue weighted by molar-refractivity contribution is 5.78. The summed E-state index contributed by atoms with van der Waals surface area (Å²) in [6.45, 7) is 2.91. The molecule has 3 aliphatic rings. The molecule has 6 nitrogen and oxygen atoms in total. The fourth-order valence-corrected chi connectivity index (χ4v) is 4.82. The Bertz CT molecular complexity index is 642. The number of rotatable bonds is 5. The highest BCUT2D eigenvalue weighted by Gasteiger charge is 2.33. The van der Waals surface area contributed by atoms with E-state index in [1.54, 1.807) is 0 Å². The van der Waals surface area contributed by atoms with Crippen molar-refractivity contribution in [2.75, 3.05) is 26.2 Å². The molecule has 2 atom stereocenters. The monoisotopic (exact) mass is 346 g/mol. The van der Waals surface area contributed by atoms with E-state index in [4.69, 9.17) is 4.98 Å². The highest BCUT2D eigenvalue weighted by atomic mass is 16.3. The summed E-state index contributed by atoms with van der Waals surface area (Å²) in [6, 6.07) is 0.305. The van der Waals surface area contributed by atoms with Crippen molar-refractivity contribution in [1.29, 1.82) is 0 Å². The van der Waals surface area contributed by atoms with Gasteiger partial charge >= 0.3 is 0 Å². The number of fused-ring (bicyclic) bond motifs is 1. The second-order valence-electron chi connectivity index (χ2n) is 7.88. The maximum Gasteiger partial charge on any atom is 0.222 e. The third-order valence-corrected chi connectivity index (χ3v) is 6.12. The van der Waals surface area contributed by atoms with Crippen LogP contribution in [0.4, 0.5) is 0 Å². The van der Waals surface area contributed by atoms with Crippen LogP contribution in [-0.4, -0.2) is 62.6 Å². The van der Waals surface area contributed by atoms with E-state index in [9.17, 15) is 9.90 Å². The molecule has 1 N–H and O–H groups in total. The Hall–Kier alpha value is -1.40. The zero-order chi connectivity index (χ0) is 17.4. The second-order valence-corrected chi connectivity index (χ2v) is 7.88. The van der Waals surface area contributed by atoms with Crippen molar-refractivity contribution in [2.45, 2.75) is 63.5 Å². The number of aliphatic hydroxyl groups is 1. The van der Waals surface area contributed by atoms with E-state index >= 15 is 0 Å². The lowest BCUT2D eigenvalue weighted by molar-refractivity contribution is -0.129. The molecule has 0 saturated carbocycles. The van der Waals surface area contributed by atoms with Gasteiger partial charge in [-0.25, -0.2) is 4.98 Å². The molecule has 1 amide bonds. The molecule has 25 heavy (non-hydrogen) atoms. The Morgan fingerprint density at radius 1 is 1.12 bits per heavy atom. The highest BCUT2D eigenvalue weighted by Crippen LogP contribution is 2.33. The number of aryl methyl sites for hydroxylation is 1. The van der Waals surface area contributed by atoms with Crippen LogP contribution >= 0.6 is 0 Å². The molecule has 0 bridgehead atoms. The first kappa shape index (κ1) is 17.0. The lowest BCUT2D eigenvalue weighted by atomic mass is 10.0.